The number of amides is 1. The lowest BCUT2D eigenvalue weighted by Crippen LogP contribution is -2.63. The van der Waals surface area contributed by atoms with E-state index in [-0.39, 0.29) is 13.8 Å². The minimum Gasteiger partial charge on any atom is -0.331 e. The molecule has 21 heavy (non-hydrogen) atoms. The molecule has 0 fully saturated rings. The number of anilines is 1. The molecule has 2 heterocycles. The summed E-state index contributed by atoms with van der Waals surface area (Å²) in [6.45, 7) is 8.54. The summed E-state index contributed by atoms with van der Waals surface area (Å²) in [5.74, 6) is 0.505. The van der Waals surface area contributed by atoms with Crippen LogP contribution in [0.1, 0.15) is 38.2 Å². The Morgan fingerprint density at radius 3 is 2.24 bits per heavy atom. The van der Waals surface area contributed by atoms with Crippen molar-refractivity contribution in [1.82, 2.24) is 15.3 Å². The van der Waals surface area contributed by atoms with Crippen molar-refractivity contribution in [2.45, 2.75) is 33.2 Å². The number of nitrogens with zero attached hydrogens (tertiary/aromatic N) is 1. The Hall–Kier alpha value is -0.700. The van der Waals surface area contributed by atoms with Crippen molar-refractivity contribution in [2.75, 3.05) is 30.0 Å². The van der Waals surface area contributed by atoms with E-state index in [4.69, 9.17) is 5.73 Å². The Kier molecular flexibility index (Phi) is 5.24. The largest absolute Gasteiger partial charge is 0.331 e. The highest BCUT2D eigenvalue weighted by atomic mass is 31.1. The van der Waals surface area contributed by atoms with Crippen molar-refractivity contribution in [2.24, 2.45) is 5.73 Å². The quantitative estimate of drug-likeness (QED) is 0.599. The number of hydrogen-bond acceptors (Lipinski definition) is 4. The van der Waals surface area contributed by atoms with Crippen molar-refractivity contribution in [3.8, 4) is 0 Å². The molecule has 118 valence electrons. The number of hydrogen-bond donors (Lipinski definition) is 4. The van der Waals surface area contributed by atoms with E-state index in [0.717, 1.165) is 30.2 Å². The van der Waals surface area contributed by atoms with Crippen LogP contribution in [0.5, 0.6) is 0 Å². The van der Waals surface area contributed by atoms with Gasteiger partial charge in [0.25, 0.3) is 5.91 Å². The van der Waals surface area contributed by atoms with Crippen LogP contribution in [0.15, 0.2) is 0 Å². The zero-order valence-electron chi connectivity index (χ0n) is 13.2. The molecule has 0 bridgehead atoms. The van der Waals surface area contributed by atoms with Crippen LogP contribution < -0.4 is 21.9 Å². The third kappa shape index (κ3) is 3.08. The number of carbonyl (C=O) groups excluding carboxylic acids is 1. The minimum absolute atomic E-state index is 0.176. The van der Waals surface area contributed by atoms with Crippen LogP contribution >= 0.6 is 15.8 Å². The molecule has 1 aromatic rings. The van der Waals surface area contributed by atoms with E-state index in [1.165, 1.54) is 0 Å². The van der Waals surface area contributed by atoms with Gasteiger partial charge in [-0.2, -0.15) is 0 Å². The first kappa shape index (κ1) is 16.7. The van der Waals surface area contributed by atoms with E-state index < -0.39 is 13.4 Å². The predicted octanol–water partition coefficient (Wildman–Crippen LogP) is 1.80. The zero-order valence-corrected chi connectivity index (χ0v) is 14.9. The molecule has 0 aromatic carbocycles. The highest BCUT2D eigenvalue weighted by molar-refractivity contribution is 7.65. The van der Waals surface area contributed by atoms with Crippen LogP contribution in [0.2, 0.25) is 0 Å². The number of aromatic nitrogens is 2. The van der Waals surface area contributed by atoms with Gasteiger partial charge in [0.1, 0.15) is 11.4 Å². The fraction of sp³-hybridized carbons (Fsp3) is 0.692. The highest BCUT2D eigenvalue weighted by Crippen LogP contribution is 2.46. The first-order valence-corrected chi connectivity index (χ1v) is 10.9. The van der Waals surface area contributed by atoms with Crippen LogP contribution in [0.25, 0.3) is 0 Å². The van der Waals surface area contributed by atoms with E-state index >= 15 is 0 Å². The first-order valence-electron chi connectivity index (χ1n) is 7.48. The maximum absolute atomic E-state index is 12.4. The SMILES string of the molecule is CCP(CC)c1nc2c([nH]1)NC(N)(P(CC)CC)NC2=O. The third-order valence-corrected chi connectivity index (χ3v) is 8.94. The minimum atomic E-state index is -0.839. The summed E-state index contributed by atoms with van der Waals surface area (Å²) >= 11 is 0. The van der Waals surface area contributed by atoms with Crippen LogP contribution in [0, 0.1) is 0 Å². The average molecular weight is 329 g/mol. The lowest BCUT2D eigenvalue weighted by molar-refractivity contribution is 0.0923. The lowest BCUT2D eigenvalue weighted by Gasteiger charge is -2.40. The first-order chi connectivity index (χ1) is 9.98. The van der Waals surface area contributed by atoms with Crippen LogP contribution in [0.3, 0.4) is 0 Å². The number of aromatic amines is 1. The van der Waals surface area contributed by atoms with E-state index in [9.17, 15) is 4.79 Å². The molecule has 0 spiro atoms. The fourth-order valence-electron chi connectivity index (χ4n) is 2.62. The van der Waals surface area contributed by atoms with Crippen molar-refractivity contribution in [1.29, 1.82) is 0 Å². The van der Waals surface area contributed by atoms with Gasteiger partial charge in [-0.15, -0.1) is 0 Å². The Morgan fingerprint density at radius 1 is 1.10 bits per heavy atom. The van der Waals surface area contributed by atoms with Crippen LogP contribution in [-0.4, -0.2) is 46.1 Å². The number of imidazole rings is 1. The number of nitrogens with two attached hydrogens (primary N) is 1. The monoisotopic (exact) mass is 329 g/mol. The summed E-state index contributed by atoms with van der Waals surface area (Å²) < 4.78 is 0. The second-order valence-electron chi connectivity index (χ2n) is 4.97. The van der Waals surface area contributed by atoms with E-state index in [2.05, 4.69) is 48.3 Å². The maximum Gasteiger partial charge on any atom is 0.276 e. The van der Waals surface area contributed by atoms with E-state index in [0.29, 0.717) is 11.5 Å². The topological polar surface area (TPSA) is 95.8 Å². The number of carbonyl (C=O) groups is 1. The van der Waals surface area contributed by atoms with Gasteiger partial charge in [-0.1, -0.05) is 27.7 Å². The summed E-state index contributed by atoms with van der Waals surface area (Å²) in [6, 6.07) is 0. The van der Waals surface area contributed by atoms with Gasteiger partial charge in [-0.3, -0.25) is 10.5 Å². The molecule has 6 nitrogen and oxygen atoms in total. The van der Waals surface area contributed by atoms with Gasteiger partial charge in [-0.05, 0) is 40.5 Å². The third-order valence-electron chi connectivity index (χ3n) is 3.85. The van der Waals surface area contributed by atoms with E-state index in [1.807, 2.05) is 0 Å². The second-order valence-corrected chi connectivity index (χ2v) is 10.8. The number of nitrogens with one attached hydrogen (secondary N) is 3. The van der Waals surface area contributed by atoms with Crippen molar-refractivity contribution in [3.63, 3.8) is 0 Å². The van der Waals surface area contributed by atoms with Crippen LogP contribution in [-0.2, 0) is 0 Å². The smallest absolute Gasteiger partial charge is 0.276 e. The lowest BCUT2D eigenvalue weighted by atomic mass is 10.3. The molecule has 0 radical (unpaired) electrons. The van der Waals surface area contributed by atoms with Gasteiger partial charge >= 0.3 is 0 Å². The average Bonchev–Trinajstić information content (AvgIpc) is 2.85. The zero-order chi connectivity index (χ0) is 15.6. The Bertz CT molecular complexity index is 513. The van der Waals surface area contributed by atoms with Gasteiger partial charge in [0, 0.05) is 0 Å². The Balaban J connectivity index is 2.33. The van der Waals surface area contributed by atoms with Gasteiger partial charge in [0.05, 0.1) is 0 Å². The summed E-state index contributed by atoms with van der Waals surface area (Å²) in [5.41, 5.74) is 6.97. The molecule has 0 aliphatic carbocycles. The molecule has 0 saturated heterocycles. The molecule has 0 saturated carbocycles. The van der Waals surface area contributed by atoms with Crippen molar-refractivity contribution in [3.05, 3.63) is 5.69 Å². The maximum atomic E-state index is 12.4. The predicted molar refractivity (Wildman–Crippen MR) is 92.2 cm³/mol. The molecule has 1 amide bonds. The normalized spacial score (nSPS) is 21.4. The molecular formula is C13H25N5OP2. The summed E-state index contributed by atoms with van der Waals surface area (Å²) in [6.07, 6.45) is 4.04. The molecule has 5 N–H and O–H groups in total. The van der Waals surface area contributed by atoms with Gasteiger partial charge in [-0.25, -0.2) is 4.98 Å². The molecule has 1 aliphatic heterocycles. The molecule has 1 unspecified atom stereocenters. The van der Waals surface area contributed by atoms with Crippen molar-refractivity contribution < 1.29 is 4.79 Å². The molecule has 2 rings (SSSR count). The van der Waals surface area contributed by atoms with E-state index in [1.54, 1.807) is 0 Å². The molecule has 1 aliphatic rings. The highest BCUT2D eigenvalue weighted by Gasteiger charge is 2.41. The number of rotatable bonds is 6. The molecular weight excluding hydrogens is 304 g/mol. The Morgan fingerprint density at radius 2 is 1.71 bits per heavy atom. The number of H-pyrrole nitrogens is 1. The standard InChI is InChI=1S/C13H25N5OP2/c1-5-20(6-2)12-15-9-10(16-12)17-13(14,18-11(9)19)21(7-3)8-4/h17H,5-8,14H2,1-4H3,(H,15,16)(H,18,19). The summed E-state index contributed by atoms with van der Waals surface area (Å²) in [4.78, 5) is 20.2. The van der Waals surface area contributed by atoms with Crippen molar-refractivity contribution >= 4 is 33.1 Å². The van der Waals surface area contributed by atoms with Gasteiger partial charge < -0.3 is 15.6 Å². The second kappa shape index (κ2) is 6.60. The Labute approximate surface area is 128 Å². The van der Waals surface area contributed by atoms with Gasteiger partial charge in [0.2, 0.25) is 0 Å². The van der Waals surface area contributed by atoms with Crippen LogP contribution in [0.4, 0.5) is 5.82 Å². The molecule has 1 aromatic heterocycles. The molecule has 1 atom stereocenters. The summed E-state index contributed by atoms with van der Waals surface area (Å²) in [7, 11) is -0.854. The summed E-state index contributed by atoms with van der Waals surface area (Å²) in [5, 5.41) is 6.22. The number of fused-ring (bicyclic) bond motifs is 1. The molecule has 8 heteroatoms. The fourth-order valence-corrected chi connectivity index (χ4v) is 6.16. The van der Waals surface area contributed by atoms with Gasteiger partial charge in [0.15, 0.2) is 11.2 Å².